The van der Waals surface area contributed by atoms with Gasteiger partial charge in [0.1, 0.15) is 0 Å². The number of rotatable bonds is 3. The minimum atomic E-state index is -0.835. The molecule has 66 valence electrons. The third kappa shape index (κ3) is 1.81. The zero-order valence-corrected chi connectivity index (χ0v) is 7.06. The Morgan fingerprint density at radius 1 is 1.67 bits per heavy atom. The molecule has 5 nitrogen and oxygen atoms in total. The molecule has 0 bridgehead atoms. The Kier molecular flexibility index (Phi) is 2.12. The zero-order chi connectivity index (χ0) is 9.19. The molecule has 0 aliphatic carbocycles. The van der Waals surface area contributed by atoms with E-state index in [2.05, 4.69) is 10.3 Å². The number of carbonyl (C=O) groups is 1. The summed E-state index contributed by atoms with van der Waals surface area (Å²) in [5.41, 5.74) is -0.798. The Hall–Kier alpha value is -1.39. The highest BCUT2D eigenvalue weighted by Crippen LogP contribution is 2.16. The highest BCUT2D eigenvalue weighted by molar-refractivity contribution is 5.73. The van der Waals surface area contributed by atoms with Gasteiger partial charge in [0.2, 0.25) is 0 Å². The second-order valence-electron chi connectivity index (χ2n) is 3.29. The van der Waals surface area contributed by atoms with Crippen LogP contribution in [-0.4, -0.2) is 26.1 Å². The standard InChI is InChI=1S/C7H11N3O2/c1-7(2,6(11)12)5-10-4-3-8-9-10/h3-4H,5H2,1-2H3,(H,11,12). The van der Waals surface area contributed by atoms with Crippen molar-refractivity contribution < 1.29 is 9.90 Å². The van der Waals surface area contributed by atoms with E-state index in [1.54, 1.807) is 20.0 Å². The molecule has 0 unspecified atom stereocenters. The van der Waals surface area contributed by atoms with Gasteiger partial charge in [-0.25, -0.2) is 0 Å². The van der Waals surface area contributed by atoms with Crippen LogP contribution in [0.1, 0.15) is 13.8 Å². The van der Waals surface area contributed by atoms with Gasteiger partial charge >= 0.3 is 5.97 Å². The topological polar surface area (TPSA) is 68.0 Å². The maximum atomic E-state index is 10.7. The fourth-order valence-corrected chi connectivity index (χ4v) is 0.790. The molecule has 12 heavy (non-hydrogen) atoms. The largest absolute Gasteiger partial charge is 0.481 e. The monoisotopic (exact) mass is 169 g/mol. The van der Waals surface area contributed by atoms with Crippen molar-refractivity contribution in [1.82, 2.24) is 15.0 Å². The molecule has 1 heterocycles. The van der Waals surface area contributed by atoms with Gasteiger partial charge in [-0.2, -0.15) is 0 Å². The minimum absolute atomic E-state index is 0.336. The Morgan fingerprint density at radius 2 is 2.33 bits per heavy atom. The van der Waals surface area contributed by atoms with Gasteiger partial charge in [0.25, 0.3) is 0 Å². The van der Waals surface area contributed by atoms with Crippen molar-refractivity contribution in [1.29, 1.82) is 0 Å². The van der Waals surface area contributed by atoms with E-state index in [0.29, 0.717) is 6.54 Å². The lowest BCUT2D eigenvalue weighted by atomic mass is 9.94. The molecule has 1 aromatic rings. The first-order valence-electron chi connectivity index (χ1n) is 3.60. The van der Waals surface area contributed by atoms with Crippen LogP contribution < -0.4 is 0 Å². The third-order valence-electron chi connectivity index (χ3n) is 1.61. The van der Waals surface area contributed by atoms with Gasteiger partial charge in [-0.15, -0.1) is 5.10 Å². The number of hydrogen-bond donors (Lipinski definition) is 1. The molecule has 0 aromatic carbocycles. The maximum absolute atomic E-state index is 10.7. The van der Waals surface area contributed by atoms with Crippen molar-refractivity contribution in [3.05, 3.63) is 12.4 Å². The zero-order valence-electron chi connectivity index (χ0n) is 7.06. The van der Waals surface area contributed by atoms with Crippen LogP contribution in [0.2, 0.25) is 0 Å². The fraction of sp³-hybridized carbons (Fsp3) is 0.571. The van der Waals surface area contributed by atoms with Crippen LogP contribution in [0.25, 0.3) is 0 Å². The molecule has 0 aliphatic rings. The first-order valence-corrected chi connectivity index (χ1v) is 3.60. The molecule has 1 rings (SSSR count). The van der Waals surface area contributed by atoms with Gasteiger partial charge in [0.05, 0.1) is 18.2 Å². The van der Waals surface area contributed by atoms with Crippen LogP contribution in [0.5, 0.6) is 0 Å². The number of carboxylic acid groups (broad SMARTS) is 1. The molecule has 0 aliphatic heterocycles. The van der Waals surface area contributed by atoms with E-state index >= 15 is 0 Å². The van der Waals surface area contributed by atoms with Gasteiger partial charge in [-0.1, -0.05) is 5.21 Å². The summed E-state index contributed by atoms with van der Waals surface area (Å²) < 4.78 is 1.51. The van der Waals surface area contributed by atoms with Crippen LogP contribution in [0, 0.1) is 5.41 Å². The number of aliphatic carboxylic acids is 1. The van der Waals surface area contributed by atoms with E-state index in [4.69, 9.17) is 5.11 Å². The lowest BCUT2D eigenvalue weighted by Crippen LogP contribution is -2.29. The van der Waals surface area contributed by atoms with Crippen molar-refractivity contribution in [3.63, 3.8) is 0 Å². The number of aromatic nitrogens is 3. The van der Waals surface area contributed by atoms with Gasteiger partial charge in [-0.3, -0.25) is 9.48 Å². The smallest absolute Gasteiger partial charge is 0.310 e. The number of carboxylic acids is 1. The van der Waals surface area contributed by atoms with Gasteiger partial charge in [0, 0.05) is 6.20 Å². The molecular formula is C7H11N3O2. The highest BCUT2D eigenvalue weighted by Gasteiger charge is 2.27. The van der Waals surface area contributed by atoms with Crippen molar-refractivity contribution in [2.75, 3.05) is 0 Å². The molecule has 0 spiro atoms. The molecular weight excluding hydrogens is 158 g/mol. The van der Waals surface area contributed by atoms with Crippen LogP contribution in [0.4, 0.5) is 0 Å². The van der Waals surface area contributed by atoms with Crippen LogP contribution in [-0.2, 0) is 11.3 Å². The Balaban J connectivity index is 2.69. The Bertz CT molecular complexity index is 266. The summed E-state index contributed by atoms with van der Waals surface area (Å²) in [7, 11) is 0. The summed E-state index contributed by atoms with van der Waals surface area (Å²) >= 11 is 0. The van der Waals surface area contributed by atoms with Crippen molar-refractivity contribution >= 4 is 5.97 Å². The SMILES string of the molecule is CC(C)(Cn1ccnn1)C(=O)O. The highest BCUT2D eigenvalue weighted by atomic mass is 16.4. The Morgan fingerprint density at radius 3 is 2.75 bits per heavy atom. The molecule has 0 saturated carbocycles. The first kappa shape index (κ1) is 8.70. The fourth-order valence-electron chi connectivity index (χ4n) is 0.790. The minimum Gasteiger partial charge on any atom is -0.481 e. The van der Waals surface area contributed by atoms with Gasteiger partial charge < -0.3 is 5.11 Å². The van der Waals surface area contributed by atoms with Crippen molar-refractivity contribution in [2.45, 2.75) is 20.4 Å². The Labute approximate surface area is 70.0 Å². The summed E-state index contributed by atoms with van der Waals surface area (Å²) in [6, 6.07) is 0. The predicted molar refractivity (Wildman–Crippen MR) is 41.4 cm³/mol. The van der Waals surface area contributed by atoms with Crippen LogP contribution in [0.15, 0.2) is 12.4 Å². The molecule has 1 N–H and O–H groups in total. The first-order chi connectivity index (χ1) is 5.52. The average molecular weight is 169 g/mol. The second kappa shape index (κ2) is 2.92. The number of hydrogen-bond acceptors (Lipinski definition) is 3. The van der Waals surface area contributed by atoms with Crippen molar-refractivity contribution in [3.8, 4) is 0 Å². The quantitative estimate of drug-likeness (QED) is 0.710. The summed E-state index contributed by atoms with van der Waals surface area (Å²) in [5.74, 6) is -0.835. The summed E-state index contributed by atoms with van der Waals surface area (Å²) in [6.07, 6.45) is 3.17. The maximum Gasteiger partial charge on any atom is 0.310 e. The molecule has 0 saturated heterocycles. The van der Waals surface area contributed by atoms with Crippen LogP contribution in [0.3, 0.4) is 0 Å². The van der Waals surface area contributed by atoms with Gasteiger partial charge in [-0.05, 0) is 13.8 Å². The lowest BCUT2D eigenvalue weighted by molar-refractivity contribution is -0.147. The summed E-state index contributed by atoms with van der Waals surface area (Å²) in [4.78, 5) is 10.7. The predicted octanol–water partition coefficient (Wildman–Crippen LogP) is 0.389. The molecule has 5 heteroatoms. The van der Waals surface area contributed by atoms with Crippen molar-refractivity contribution in [2.24, 2.45) is 5.41 Å². The number of nitrogens with zero attached hydrogens (tertiary/aromatic N) is 3. The van der Waals surface area contributed by atoms with E-state index in [-0.39, 0.29) is 0 Å². The molecule has 0 amide bonds. The summed E-state index contributed by atoms with van der Waals surface area (Å²) in [5, 5.41) is 16.1. The molecule has 0 radical (unpaired) electrons. The average Bonchev–Trinajstić information content (AvgIpc) is 2.38. The lowest BCUT2D eigenvalue weighted by Gasteiger charge is -2.17. The summed E-state index contributed by atoms with van der Waals surface area (Å²) in [6.45, 7) is 3.64. The van der Waals surface area contributed by atoms with E-state index < -0.39 is 11.4 Å². The van der Waals surface area contributed by atoms with E-state index in [1.165, 1.54) is 10.9 Å². The molecule has 1 aromatic heterocycles. The van der Waals surface area contributed by atoms with E-state index in [1.807, 2.05) is 0 Å². The van der Waals surface area contributed by atoms with E-state index in [0.717, 1.165) is 0 Å². The second-order valence-corrected chi connectivity index (χ2v) is 3.29. The van der Waals surface area contributed by atoms with Crippen LogP contribution >= 0.6 is 0 Å². The van der Waals surface area contributed by atoms with E-state index in [9.17, 15) is 4.79 Å². The molecule has 0 atom stereocenters. The normalized spacial score (nSPS) is 11.5. The third-order valence-corrected chi connectivity index (χ3v) is 1.61. The van der Waals surface area contributed by atoms with Gasteiger partial charge in [0.15, 0.2) is 0 Å². The molecule has 0 fully saturated rings.